The quantitative estimate of drug-likeness (QED) is 0.681. The molecule has 0 unspecified atom stereocenters. The SMILES string of the molecule is O=C(O)N1CCc2nnc(Cl)cc21. The molecule has 1 aromatic rings. The summed E-state index contributed by atoms with van der Waals surface area (Å²) in [5.41, 5.74) is 1.24. The molecule has 0 saturated heterocycles. The van der Waals surface area contributed by atoms with Crippen molar-refractivity contribution in [2.75, 3.05) is 11.4 Å². The summed E-state index contributed by atoms with van der Waals surface area (Å²) in [6.45, 7) is 0.430. The highest BCUT2D eigenvalue weighted by atomic mass is 35.5. The summed E-state index contributed by atoms with van der Waals surface area (Å²) in [4.78, 5) is 11.9. The second kappa shape index (κ2) is 2.85. The van der Waals surface area contributed by atoms with Gasteiger partial charge in [0.2, 0.25) is 0 Å². The fourth-order valence-electron chi connectivity index (χ4n) is 1.33. The minimum absolute atomic E-state index is 0.215. The average molecular weight is 200 g/mol. The van der Waals surface area contributed by atoms with Crippen molar-refractivity contribution in [3.05, 3.63) is 16.9 Å². The molecular formula is C7H6ClN3O2. The number of anilines is 1. The highest BCUT2D eigenvalue weighted by molar-refractivity contribution is 6.29. The van der Waals surface area contributed by atoms with Crippen molar-refractivity contribution in [1.29, 1.82) is 0 Å². The van der Waals surface area contributed by atoms with Crippen LogP contribution in [0.5, 0.6) is 0 Å². The van der Waals surface area contributed by atoms with Gasteiger partial charge in [-0.05, 0) is 0 Å². The van der Waals surface area contributed by atoms with Crippen LogP contribution in [0.4, 0.5) is 10.5 Å². The molecular weight excluding hydrogens is 194 g/mol. The van der Waals surface area contributed by atoms with Gasteiger partial charge in [-0.1, -0.05) is 11.6 Å². The molecule has 2 heterocycles. The van der Waals surface area contributed by atoms with E-state index in [1.54, 1.807) is 0 Å². The molecule has 1 amide bonds. The molecule has 0 saturated carbocycles. The van der Waals surface area contributed by atoms with E-state index in [1.165, 1.54) is 11.0 Å². The molecule has 0 aromatic carbocycles. The van der Waals surface area contributed by atoms with E-state index in [1.807, 2.05) is 0 Å². The minimum Gasteiger partial charge on any atom is -0.465 e. The molecule has 0 aliphatic carbocycles. The monoisotopic (exact) mass is 199 g/mol. The highest BCUT2D eigenvalue weighted by Gasteiger charge is 2.25. The Balaban J connectivity index is 2.46. The lowest BCUT2D eigenvalue weighted by atomic mass is 10.3. The van der Waals surface area contributed by atoms with Gasteiger partial charge >= 0.3 is 6.09 Å². The molecule has 2 rings (SSSR count). The van der Waals surface area contributed by atoms with Crippen molar-refractivity contribution >= 4 is 23.4 Å². The first kappa shape index (κ1) is 8.25. The molecule has 1 N–H and O–H groups in total. The summed E-state index contributed by atoms with van der Waals surface area (Å²) in [7, 11) is 0. The van der Waals surface area contributed by atoms with Gasteiger partial charge in [0.1, 0.15) is 0 Å². The van der Waals surface area contributed by atoms with E-state index in [-0.39, 0.29) is 5.15 Å². The largest absolute Gasteiger partial charge is 0.465 e. The van der Waals surface area contributed by atoms with Gasteiger partial charge < -0.3 is 5.11 Å². The van der Waals surface area contributed by atoms with Crippen LogP contribution in [0.25, 0.3) is 0 Å². The number of rotatable bonds is 0. The third-order valence-corrected chi connectivity index (χ3v) is 2.10. The van der Waals surface area contributed by atoms with Crippen molar-refractivity contribution in [2.45, 2.75) is 6.42 Å². The predicted molar refractivity (Wildman–Crippen MR) is 46.1 cm³/mol. The third-order valence-electron chi connectivity index (χ3n) is 1.91. The van der Waals surface area contributed by atoms with Gasteiger partial charge in [0.05, 0.1) is 11.4 Å². The van der Waals surface area contributed by atoms with E-state index in [9.17, 15) is 4.79 Å². The number of hydrogen-bond donors (Lipinski definition) is 1. The molecule has 68 valence electrons. The molecule has 6 heteroatoms. The van der Waals surface area contributed by atoms with E-state index in [0.29, 0.717) is 24.3 Å². The molecule has 1 aliphatic heterocycles. The first-order valence-corrected chi connectivity index (χ1v) is 4.09. The standard InChI is InChI=1S/C7H6ClN3O2/c8-6-3-5-4(9-10-6)1-2-11(5)7(12)13/h3H,1-2H2,(H,12,13). The van der Waals surface area contributed by atoms with Crippen LogP contribution in [-0.2, 0) is 6.42 Å². The van der Waals surface area contributed by atoms with Crippen molar-refractivity contribution in [2.24, 2.45) is 0 Å². The molecule has 0 fully saturated rings. The second-order valence-corrected chi connectivity index (χ2v) is 3.07. The maximum absolute atomic E-state index is 10.7. The van der Waals surface area contributed by atoms with Crippen LogP contribution in [0.15, 0.2) is 6.07 Å². The molecule has 0 bridgehead atoms. The molecule has 1 aromatic heterocycles. The fourth-order valence-corrected chi connectivity index (χ4v) is 1.47. The number of aromatic nitrogens is 2. The maximum Gasteiger partial charge on any atom is 0.411 e. The van der Waals surface area contributed by atoms with Crippen LogP contribution in [0.2, 0.25) is 5.15 Å². The lowest BCUT2D eigenvalue weighted by molar-refractivity contribution is 0.202. The Morgan fingerprint density at radius 3 is 3.08 bits per heavy atom. The summed E-state index contributed by atoms with van der Waals surface area (Å²) >= 11 is 5.60. The zero-order valence-electron chi connectivity index (χ0n) is 6.57. The molecule has 0 spiro atoms. The van der Waals surface area contributed by atoms with Gasteiger partial charge in [0.15, 0.2) is 5.15 Å². The number of carboxylic acid groups (broad SMARTS) is 1. The van der Waals surface area contributed by atoms with Crippen LogP contribution in [0.1, 0.15) is 5.69 Å². The number of halogens is 1. The topological polar surface area (TPSA) is 66.3 Å². The summed E-state index contributed by atoms with van der Waals surface area (Å²) < 4.78 is 0. The number of carbonyl (C=O) groups is 1. The Labute approximate surface area is 78.9 Å². The first-order valence-electron chi connectivity index (χ1n) is 3.71. The van der Waals surface area contributed by atoms with Crippen molar-refractivity contribution < 1.29 is 9.90 Å². The predicted octanol–water partition coefficient (Wildman–Crippen LogP) is 1.17. The Kier molecular flexibility index (Phi) is 1.81. The fraction of sp³-hybridized carbons (Fsp3) is 0.286. The smallest absolute Gasteiger partial charge is 0.411 e. The van der Waals surface area contributed by atoms with Crippen molar-refractivity contribution in [1.82, 2.24) is 10.2 Å². The van der Waals surface area contributed by atoms with Gasteiger partial charge in [-0.25, -0.2) is 4.79 Å². The average Bonchev–Trinajstić information content (AvgIpc) is 2.46. The Morgan fingerprint density at radius 2 is 2.38 bits per heavy atom. The zero-order valence-corrected chi connectivity index (χ0v) is 7.32. The van der Waals surface area contributed by atoms with E-state index >= 15 is 0 Å². The zero-order chi connectivity index (χ0) is 9.42. The van der Waals surface area contributed by atoms with E-state index in [0.717, 1.165) is 0 Å². The number of fused-ring (bicyclic) bond motifs is 1. The Morgan fingerprint density at radius 1 is 1.62 bits per heavy atom. The van der Waals surface area contributed by atoms with Gasteiger partial charge in [-0.3, -0.25) is 4.90 Å². The second-order valence-electron chi connectivity index (χ2n) is 2.68. The van der Waals surface area contributed by atoms with Crippen molar-refractivity contribution in [3.63, 3.8) is 0 Å². The summed E-state index contributed by atoms with van der Waals surface area (Å²) in [6, 6.07) is 1.52. The van der Waals surface area contributed by atoms with Gasteiger partial charge in [-0.15, -0.1) is 5.10 Å². The third kappa shape index (κ3) is 1.31. The van der Waals surface area contributed by atoms with Gasteiger partial charge in [0, 0.05) is 19.0 Å². The number of hydrogen-bond acceptors (Lipinski definition) is 3. The van der Waals surface area contributed by atoms with Gasteiger partial charge in [0.25, 0.3) is 0 Å². The van der Waals surface area contributed by atoms with Crippen LogP contribution in [0, 0.1) is 0 Å². The molecule has 0 radical (unpaired) electrons. The van der Waals surface area contributed by atoms with E-state index in [4.69, 9.17) is 16.7 Å². The Bertz CT molecular complexity index is 369. The van der Waals surface area contributed by atoms with Crippen LogP contribution >= 0.6 is 11.6 Å². The summed E-state index contributed by atoms with van der Waals surface area (Å²) in [6.07, 6.45) is -0.381. The lowest BCUT2D eigenvalue weighted by Crippen LogP contribution is -2.26. The van der Waals surface area contributed by atoms with Gasteiger partial charge in [-0.2, -0.15) is 5.10 Å². The van der Waals surface area contributed by atoms with Crippen molar-refractivity contribution in [3.8, 4) is 0 Å². The maximum atomic E-state index is 10.7. The van der Waals surface area contributed by atoms with Crippen LogP contribution in [-0.4, -0.2) is 27.9 Å². The number of amides is 1. The lowest BCUT2D eigenvalue weighted by Gasteiger charge is -2.11. The van der Waals surface area contributed by atoms with Crippen LogP contribution < -0.4 is 4.90 Å². The highest BCUT2D eigenvalue weighted by Crippen LogP contribution is 2.27. The Hall–Kier alpha value is -1.36. The number of nitrogens with zero attached hydrogens (tertiary/aromatic N) is 3. The summed E-state index contributed by atoms with van der Waals surface area (Å²) in [5, 5.41) is 16.4. The van der Waals surface area contributed by atoms with E-state index < -0.39 is 6.09 Å². The summed E-state index contributed by atoms with van der Waals surface area (Å²) in [5.74, 6) is 0. The normalized spacial score (nSPS) is 14.4. The van der Waals surface area contributed by atoms with E-state index in [2.05, 4.69) is 10.2 Å². The molecule has 5 nitrogen and oxygen atoms in total. The first-order chi connectivity index (χ1) is 6.18. The van der Waals surface area contributed by atoms with Crippen LogP contribution in [0.3, 0.4) is 0 Å². The molecule has 13 heavy (non-hydrogen) atoms. The molecule has 1 aliphatic rings. The minimum atomic E-state index is -0.984. The molecule has 0 atom stereocenters.